The van der Waals surface area contributed by atoms with Crippen LogP contribution in [0.4, 0.5) is 17.8 Å². The number of azide groups is 1. The number of nitrogens with zero attached hydrogens (tertiary/aromatic N) is 8. The SMILES string of the molecule is CN(C)c1nc(N=[N+]=[N-])nc(N(C)C)n1. The molecule has 0 radical (unpaired) electrons. The minimum atomic E-state index is 0.0694. The first-order chi connectivity index (χ1) is 7.04. The summed E-state index contributed by atoms with van der Waals surface area (Å²) in [5.74, 6) is 0.979. The Morgan fingerprint density at radius 3 is 1.80 bits per heavy atom. The molecule has 0 atom stereocenters. The third-order valence-corrected chi connectivity index (χ3v) is 1.53. The lowest BCUT2D eigenvalue weighted by Gasteiger charge is -2.14. The van der Waals surface area contributed by atoms with Gasteiger partial charge in [-0.3, -0.25) is 0 Å². The molecule has 0 saturated heterocycles. The maximum atomic E-state index is 8.31. The van der Waals surface area contributed by atoms with E-state index in [1.165, 1.54) is 0 Å². The third-order valence-electron chi connectivity index (χ3n) is 1.53. The molecule has 0 unspecified atom stereocenters. The topological polar surface area (TPSA) is 93.9 Å². The Morgan fingerprint density at radius 2 is 1.47 bits per heavy atom. The Morgan fingerprint density at radius 1 is 1.00 bits per heavy atom. The molecule has 0 fully saturated rings. The van der Waals surface area contributed by atoms with Crippen molar-refractivity contribution >= 4 is 17.8 Å². The van der Waals surface area contributed by atoms with Crippen molar-refractivity contribution in [1.29, 1.82) is 0 Å². The average molecular weight is 208 g/mol. The lowest BCUT2D eigenvalue weighted by Crippen LogP contribution is -2.18. The zero-order chi connectivity index (χ0) is 11.4. The molecule has 15 heavy (non-hydrogen) atoms. The standard InChI is InChI=1S/C7H12N8/c1-14(2)6-9-5(12-13-8)10-7(11-6)15(3)4/h1-4H3. The fourth-order valence-corrected chi connectivity index (χ4v) is 0.828. The van der Waals surface area contributed by atoms with Crippen LogP contribution in [0.15, 0.2) is 5.11 Å². The average Bonchev–Trinajstić information content (AvgIpc) is 2.17. The van der Waals surface area contributed by atoms with Crippen LogP contribution in [-0.4, -0.2) is 43.1 Å². The molecule has 0 amide bonds. The molecule has 1 aromatic heterocycles. The summed E-state index contributed by atoms with van der Waals surface area (Å²) in [5.41, 5.74) is 8.31. The van der Waals surface area contributed by atoms with Crippen LogP contribution in [0.2, 0.25) is 0 Å². The molecule has 8 heteroatoms. The monoisotopic (exact) mass is 208 g/mol. The Hall–Kier alpha value is -2.08. The molecule has 0 aliphatic heterocycles. The number of hydrogen-bond acceptors (Lipinski definition) is 6. The molecule has 0 saturated carbocycles. The highest BCUT2D eigenvalue weighted by molar-refractivity contribution is 5.41. The van der Waals surface area contributed by atoms with Crippen LogP contribution in [0.25, 0.3) is 10.4 Å². The highest BCUT2D eigenvalue weighted by atomic mass is 15.3. The normalized spacial score (nSPS) is 9.33. The van der Waals surface area contributed by atoms with E-state index in [-0.39, 0.29) is 5.95 Å². The van der Waals surface area contributed by atoms with E-state index in [9.17, 15) is 0 Å². The van der Waals surface area contributed by atoms with Gasteiger partial charge in [0.1, 0.15) is 0 Å². The predicted octanol–water partition coefficient (Wildman–Crippen LogP) is 0.945. The molecular weight excluding hydrogens is 196 g/mol. The molecule has 1 aromatic rings. The first-order valence-electron chi connectivity index (χ1n) is 4.20. The molecule has 0 N–H and O–H groups in total. The van der Waals surface area contributed by atoms with E-state index < -0.39 is 0 Å². The molecule has 1 heterocycles. The fraction of sp³-hybridized carbons (Fsp3) is 0.571. The highest BCUT2D eigenvalue weighted by Crippen LogP contribution is 2.14. The lowest BCUT2D eigenvalue weighted by molar-refractivity contribution is 0.912. The molecule has 1 rings (SSSR count). The molecule has 0 bridgehead atoms. The number of aromatic nitrogens is 3. The number of anilines is 2. The fourth-order valence-electron chi connectivity index (χ4n) is 0.828. The number of hydrogen-bond donors (Lipinski definition) is 0. The van der Waals surface area contributed by atoms with Crippen molar-refractivity contribution in [2.45, 2.75) is 0 Å². The lowest BCUT2D eigenvalue weighted by atomic mass is 10.7. The summed E-state index contributed by atoms with van der Waals surface area (Å²) < 4.78 is 0. The van der Waals surface area contributed by atoms with E-state index in [2.05, 4.69) is 25.0 Å². The Kier molecular flexibility index (Phi) is 3.25. The van der Waals surface area contributed by atoms with Crippen LogP contribution in [0.1, 0.15) is 0 Å². The van der Waals surface area contributed by atoms with Crippen LogP contribution in [0.3, 0.4) is 0 Å². The third kappa shape index (κ3) is 2.68. The van der Waals surface area contributed by atoms with Crippen molar-refractivity contribution in [3.8, 4) is 0 Å². The Labute approximate surface area is 87.2 Å². The molecule has 0 aliphatic rings. The van der Waals surface area contributed by atoms with Gasteiger partial charge >= 0.3 is 0 Å². The van der Waals surface area contributed by atoms with Gasteiger partial charge in [0, 0.05) is 33.1 Å². The van der Waals surface area contributed by atoms with Gasteiger partial charge in [-0.1, -0.05) is 0 Å². The molecular formula is C7H12N8. The second-order valence-electron chi connectivity index (χ2n) is 3.21. The maximum absolute atomic E-state index is 8.31. The first-order valence-corrected chi connectivity index (χ1v) is 4.20. The summed E-state index contributed by atoms with van der Waals surface area (Å²) in [4.78, 5) is 18.2. The van der Waals surface area contributed by atoms with E-state index in [0.29, 0.717) is 11.9 Å². The van der Waals surface area contributed by atoms with Crippen molar-refractivity contribution < 1.29 is 0 Å². The summed E-state index contributed by atoms with van der Waals surface area (Å²) >= 11 is 0. The van der Waals surface area contributed by atoms with Gasteiger partial charge in [-0.15, -0.1) is 0 Å². The summed E-state index contributed by atoms with van der Waals surface area (Å²) in [7, 11) is 7.20. The molecule has 0 aliphatic carbocycles. The second-order valence-corrected chi connectivity index (χ2v) is 3.21. The van der Waals surface area contributed by atoms with E-state index >= 15 is 0 Å². The van der Waals surface area contributed by atoms with Gasteiger partial charge in [-0.05, 0) is 10.6 Å². The smallest absolute Gasteiger partial charge is 0.230 e. The minimum absolute atomic E-state index is 0.0694. The summed E-state index contributed by atoms with van der Waals surface area (Å²) in [6.45, 7) is 0. The van der Waals surface area contributed by atoms with Crippen molar-refractivity contribution in [2.75, 3.05) is 38.0 Å². The summed E-state index contributed by atoms with van der Waals surface area (Å²) in [6.07, 6.45) is 0. The van der Waals surface area contributed by atoms with Gasteiger partial charge in [0.15, 0.2) is 0 Å². The Bertz CT molecular complexity index is 366. The largest absolute Gasteiger partial charge is 0.347 e. The van der Waals surface area contributed by atoms with Gasteiger partial charge in [0.25, 0.3) is 0 Å². The maximum Gasteiger partial charge on any atom is 0.230 e. The van der Waals surface area contributed by atoms with E-state index in [0.717, 1.165) is 0 Å². The summed E-state index contributed by atoms with van der Waals surface area (Å²) in [6, 6.07) is 0. The second kappa shape index (κ2) is 4.43. The van der Waals surface area contributed by atoms with Crippen molar-refractivity contribution in [1.82, 2.24) is 15.0 Å². The Balaban J connectivity index is 3.25. The van der Waals surface area contributed by atoms with Crippen molar-refractivity contribution in [2.24, 2.45) is 5.11 Å². The van der Waals surface area contributed by atoms with E-state index in [4.69, 9.17) is 5.53 Å². The zero-order valence-electron chi connectivity index (χ0n) is 9.08. The summed E-state index contributed by atoms with van der Waals surface area (Å²) in [5, 5.41) is 3.36. The van der Waals surface area contributed by atoms with Gasteiger partial charge in [-0.2, -0.15) is 15.0 Å². The van der Waals surface area contributed by atoms with E-state index in [1.54, 1.807) is 38.0 Å². The highest BCUT2D eigenvalue weighted by Gasteiger charge is 2.07. The minimum Gasteiger partial charge on any atom is -0.347 e. The van der Waals surface area contributed by atoms with Crippen LogP contribution < -0.4 is 9.80 Å². The molecule has 80 valence electrons. The van der Waals surface area contributed by atoms with Crippen molar-refractivity contribution in [3.05, 3.63) is 10.4 Å². The van der Waals surface area contributed by atoms with Crippen LogP contribution in [0, 0.1) is 0 Å². The van der Waals surface area contributed by atoms with Gasteiger partial charge in [0.2, 0.25) is 17.8 Å². The van der Waals surface area contributed by atoms with Gasteiger partial charge in [0.05, 0.1) is 0 Å². The van der Waals surface area contributed by atoms with Gasteiger partial charge < -0.3 is 9.80 Å². The quantitative estimate of drug-likeness (QED) is 0.418. The molecule has 0 spiro atoms. The van der Waals surface area contributed by atoms with Crippen LogP contribution in [-0.2, 0) is 0 Å². The first kappa shape index (κ1) is 11.0. The van der Waals surface area contributed by atoms with Gasteiger partial charge in [-0.25, -0.2) is 0 Å². The van der Waals surface area contributed by atoms with E-state index in [1.807, 2.05) is 0 Å². The predicted molar refractivity (Wildman–Crippen MR) is 57.3 cm³/mol. The van der Waals surface area contributed by atoms with Crippen LogP contribution >= 0.6 is 0 Å². The van der Waals surface area contributed by atoms with Crippen molar-refractivity contribution in [3.63, 3.8) is 0 Å². The zero-order valence-corrected chi connectivity index (χ0v) is 9.08. The van der Waals surface area contributed by atoms with Crippen LogP contribution in [0.5, 0.6) is 0 Å². The molecule has 0 aromatic carbocycles. The molecule has 8 nitrogen and oxygen atoms in total. The number of rotatable bonds is 3.